The van der Waals surface area contributed by atoms with Crippen LogP contribution in [0.1, 0.15) is 11.1 Å². The number of rotatable bonds is 2. The number of nitriles is 1. The Morgan fingerprint density at radius 1 is 1.38 bits per heavy atom. The summed E-state index contributed by atoms with van der Waals surface area (Å²) in [6, 6.07) is 12.2. The molecule has 4 nitrogen and oxygen atoms in total. The zero-order valence-electron chi connectivity index (χ0n) is 11.4. The average molecular weight is 298 g/mol. The number of hydrogen-bond donors (Lipinski definition) is 1. The van der Waals surface area contributed by atoms with Gasteiger partial charge in [0.05, 0.1) is 11.6 Å². The highest BCUT2D eigenvalue weighted by Gasteiger charge is 2.11. The first kappa shape index (κ1) is 14.8. The van der Waals surface area contributed by atoms with Crippen molar-refractivity contribution in [3.63, 3.8) is 0 Å². The summed E-state index contributed by atoms with van der Waals surface area (Å²) in [6.07, 6.45) is 0. The van der Waals surface area contributed by atoms with Crippen molar-refractivity contribution in [2.24, 2.45) is 4.99 Å². The molecule has 0 aliphatic carbocycles. The highest BCUT2D eigenvalue weighted by atomic mass is 35.5. The Hall–Kier alpha value is -2.64. The smallest absolute Gasteiger partial charge is 0.306 e. The Morgan fingerprint density at radius 2 is 2.14 bits per heavy atom. The van der Waals surface area contributed by atoms with Crippen molar-refractivity contribution in [2.45, 2.75) is 6.92 Å². The molecule has 2 aromatic rings. The topological polar surface area (TPSA) is 65.2 Å². The molecule has 104 valence electrons. The van der Waals surface area contributed by atoms with E-state index in [9.17, 15) is 10.1 Å². The molecule has 0 saturated carbocycles. The molecule has 0 spiro atoms. The van der Waals surface area contributed by atoms with Crippen LogP contribution < -0.4 is 5.32 Å². The van der Waals surface area contributed by atoms with Crippen LogP contribution in [0.4, 0.5) is 10.5 Å². The molecular formula is C16H12ClN3O. The van der Waals surface area contributed by atoms with Gasteiger partial charge in [-0.1, -0.05) is 29.8 Å². The number of anilines is 1. The standard InChI is InChI=1S/C16H12ClN3O/c1-10-6-7-11(8-14(10)20-16(21)19-2)15-12(9-18)4-3-5-13(15)17/h3-8H,2H2,1H3,(H,20,21). The fraction of sp³-hybridized carbons (Fsp3) is 0.0625. The molecule has 0 heterocycles. The number of aliphatic imine (C=N–C) groups is 1. The Balaban J connectivity index is 2.57. The van der Waals surface area contributed by atoms with Gasteiger partial charge in [-0.15, -0.1) is 0 Å². The number of halogens is 1. The number of amides is 2. The van der Waals surface area contributed by atoms with Gasteiger partial charge in [0.1, 0.15) is 0 Å². The van der Waals surface area contributed by atoms with Crippen LogP contribution in [-0.4, -0.2) is 12.7 Å². The van der Waals surface area contributed by atoms with E-state index in [1.54, 1.807) is 24.3 Å². The van der Waals surface area contributed by atoms with Gasteiger partial charge in [-0.05, 0) is 43.0 Å². The molecule has 1 N–H and O–H groups in total. The molecule has 0 saturated heterocycles. The quantitative estimate of drug-likeness (QED) is 0.834. The van der Waals surface area contributed by atoms with Crippen molar-refractivity contribution in [3.05, 3.63) is 52.5 Å². The highest BCUT2D eigenvalue weighted by Crippen LogP contribution is 2.33. The van der Waals surface area contributed by atoms with Gasteiger partial charge in [-0.25, -0.2) is 9.79 Å². The molecule has 21 heavy (non-hydrogen) atoms. The molecule has 2 rings (SSSR count). The van der Waals surface area contributed by atoms with Crippen molar-refractivity contribution in [1.29, 1.82) is 5.26 Å². The first-order valence-electron chi connectivity index (χ1n) is 6.14. The predicted molar refractivity (Wildman–Crippen MR) is 84.9 cm³/mol. The van der Waals surface area contributed by atoms with E-state index in [2.05, 4.69) is 23.1 Å². The Bertz CT molecular complexity index is 763. The lowest BCUT2D eigenvalue weighted by molar-refractivity contribution is 0.260. The first-order chi connectivity index (χ1) is 10.1. The second kappa shape index (κ2) is 6.21. The van der Waals surface area contributed by atoms with E-state index in [4.69, 9.17) is 11.6 Å². The molecule has 0 bridgehead atoms. The Morgan fingerprint density at radius 3 is 2.81 bits per heavy atom. The van der Waals surface area contributed by atoms with Crippen molar-refractivity contribution in [1.82, 2.24) is 0 Å². The molecule has 0 aliphatic heterocycles. The molecule has 0 atom stereocenters. The maximum Gasteiger partial charge on any atom is 0.344 e. The second-order valence-electron chi connectivity index (χ2n) is 4.39. The number of carbonyl (C=O) groups is 1. The number of benzene rings is 2. The van der Waals surface area contributed by atoms with Gasteiger partial charge in [-0.3, -0.25) is 0 Å². The molecule has 5 heteroatoms. The lowest BCUT2D eigenvalue weighted by atomic mass is 9.98. The summed E-state index contributed by atoms with van der Waals surface area (Å²) in [5, 5.41) is 12.3. The van der Waals surface area contributed by atoms with E-state index >= 15 is 0 Å². The third-order valence-electron chi connectivity index (χ3n) is 3.05. The van der Waals surface area contributed by atoms with E-state index in [0.717, 1.165) is 11.1 Å². The molecule has 0 aromatic heterocycles. The number of aryl methyl sites for hydroxylation is 1. The normalized spacial score (nSPS) is 9.76. The van der Waals surface area contributed by atoms with Gasteiger partial charge in [0.25, 0.3) is 0 Å². The average Bonchev–Trinajstić information content (AvgIpc) is 2.49. The van der Waals surface area contributed by atoms with E-state index < -0.39 is 6.03 Å². The summed E-state index contributed by atoms with van der Waals surface area (Å²) in [7, 11) is 0. The molecule has 0 radical (unpaired) electrons. The molecule has 0 fully saturated rings. The lowest BCUT2D eigenvalue weighted by Crippen LogP contribution is -2.06. The third kappa shape index (κ3) is 3.10. The van der Waals surface area contributed by atoms with Crippen LogP contribution in [0.5, 0.6) is 0 Å². The van der Waals surface area contributed by atoms with Crippen LogP contribution in [0.2, 0.25) is 5.02 Å². The number of urea groups is 1. The Labute approximate surface area is 127 Å². The fourth-order valence-electron chi connectivity index (χ4n) is 1.98. The minimum Gasteiger partial charge on any atom is -0.306 e. The van der Waals surface area contributed by atoms with Gasteiger partial charge >= 0.3 is 6.03 Å². The molecule has 2 aromatic carbocycles. The summed E-state index contributed by atoms with van der Waals surface area (Å²) >= 11 is 6.20. The van der Waals surface area contributed by atoms with Crippen LogP contribution in [0.3, 0.4) is 0 Å². The summed E-state index contributed by atoms with van der Waals surface area (Å²) in [5.41, 5.74) is 3.35. The van der Waals surface area contributed by atoms with Crippen molar-refractivity contribution in [2.75, 3.05) is 5.32 Å². The third-order valence-corrected chi connectivity index (χ3v) is 3.36. The SMILES string of the molecule is C=NC(=O)Nc1cc(-c2c(Cl)cccc2C#N)ccc1C. The number of nitrogens with one attached hydrogen (secondary N) is 1. The van der Waals surface area contributed by atoms with E-state index in [0.29, 0.717) is 21.8 Å². The summed E-state index contributed by atoms with van der Waals surface area (Å²) in [5.74, 6) is 0. The maximum atomic E-state index is 11.4. The van der Waals surface area contributed by atoms with Crippen LogP contribution >= 0.6 is 11.6 Å². The lowest BCUT2D eigenvalue weighted by Gasteiger charge is -2.11. The van der Waals surface area contributed by atoms with E-state index in [-0.39, 0.29) is 0 Å². The second-order valence-corrected chi connectivity index (χ2v) is 4.80. The number of carbonyl (C=O) groups excluding carboxylic acids is 1. The highest BCUT2D eigenvalue weighted by molar-refractivity contribution is 6.33. The zero-order chi connectivity index (χ0) is 15.4. The largest absolute Gasteiger partial charge is 0.344 e. The van der Waals surface area contributed by atoms with Crippen LogP contribution in [0.25, 0.3) is 11.1 Å². The summed E-state index contributed by atoms with van der Waals surface area (Å²) in [6.45, 7) is 5.04. The maximum absolute atomic E-state index is 11.4. The Kier molecular flexibility index (Phi) is 4.36. The van der Waals surface area contributed by atoms with Gasteiger partial charge in [0.15, 0.2) is 0 Å². The van der Waals surface area contributed by atoms with Crippen LogP contribution in [0, 0.1) is 18.3 Å². The van der Waals surface area contributed by atoms with Gasteiger partial charge in [0, 0.05) is 16.3 Å². The molecule has 0 unspecified atom stereocenters. The minimum atomic E-state index is -0.532. The predicted octanol–water partition coefficient (Wildman–Crippen LogP) is 4.42. The molecule has 0 aliphatic rings. The van der Waals surface area contributed by atoms with Crippen molar-refractivity contribution in [3.8, 4) is 17.2 Å². The van der Waals surface area contributed by atoms with Gasteiger partial charge in [0.2, 0.25) is 0 Å². The van der Waals surface area contributed by atoms with Crippen molar-refractivity contribution < 1.29 is 4.79 Å². The fourth-order valence-corrected chi connectivity index (χ4v) is 2.26. The van der Waals surface area contributed by atoms with E-state index in [1.165, 1.54) is 0 Å². The number of hydrogen-bond acceptors (Lipinski definition) is 2. The first-order valence-corrected chi connectivity index (χ1v) is 6.52. The van der Waals surface area contributed by atoms with Crippen LogP contribution in [0.15, 0.2) is 41.4 Å². The van der Waals surface area contributed by atoms with E-state index in [1.807, 2.05) is 19.1 Å². The summed E-state index contributed by atoms with van der Waals surface area (Å²) < 4.78 is 0. The zero-order valence-corrected chi connectivity index (χ0v) is 12.1. The molecular weight excluding hydrogens is 286 g/mol. The van der Waals surface area contributed by atoms with Crippen molar-refractivity contribution >= 4 is 30.0 Å². The number of nitrogens with zero attached hydrogens (tertiary/aromatic N) is 2. The molecule has 2 amide bonds. The minimum absolute atomic E-state index is 0.477. The van der Waals surface area contributed by atoms with Crippen LogP contribution in [-0.2, 0) is 0 Å². The monoisotopic (exact) mass is 297 g/mol. The summed E-state index contributed by atoms with van der Waals surface area (Å²) in [4.78, 5) is 14.7. The van der Waals surface area contributed by atoms with Gasteiger partial charge < -0.3 is 5.32 Å². The van der Waals surface area contributed by atoms with Gasteiger partial charge in [-0.2, -0.15) is 5.26 Å².